The highest BCUT2D eigenvalue weighted by atomic mass is 16.5. The van der Waals surface area contributed by atoms with Crippen molar-refractivity contribution in [1.29, 1.82) is 0 Å². The summed E-state index contributed by atoms with van der Waals surface area (Å²) in [6.45, 7) is 11.8. The lowest BCUT2D eigenvalue weighted by atomic mass is 10.1. The molecule has 0 saturated carbocycles. The third-order valence-electron chi connectivity index (χ3n) is 2.32. The molecule has 0 aromatic rings. The molecule has 80 valence electrons. The summed E-state index contributed by atoms with van der Waals surface area (Å²) in [5.74, 6) is 0.633. The molecular formula is C11H25NO. The maximum absolute atomic E-state index is 5.66. The van der Waals surface area contributed by atoms with Crippen LogP contribution in [0.15, 0.2) is 0 Å². The number of hydrogen-bond donors (Lipinski definition) is 1. The number of ether oxygens (including phenoxy) is 1. The second kappa shape index (κ2) is 8.52. The van der Waals surface area contributed by atoms with E-state index in [4.69, 9.17) is 4.74 Å². The molecule has 0 aromatic carbocycles. The van der Waals surface area contributed by atoms with Gasteiger partial charge in [0.05, 0.1) is 6.10 Å². The minimum atomic E-state index is 0.402. The lowest BCUT2D eigenvalue weighted by molar-refractivity contribution is 0.0334. The highest BCUT2D eigenvalue weighted by molar-refractivity contribution is 4.54. The van der Waals surface area contributed by atoms with E-state index in [0.717, 1.165) is 19.7 Å². The van der Waals surface area contributed by atoms with Gasteiger partial charge in [0.2, 0.25) is 0 Å². The number of rotatable bonds is 8. The van der Waals surface area contributed by atoms with E-state index < -0.39 is 0 Å². The van der Waals surface area contributed by atoms with Gasteiger partial charge in [-0.1, -0.05) is 20.8 Å². The van der Waals surface area contributed by atoms with Crippen molar-refractivity contribution in [2.45, 2.75) is 46.6 Å². The van der Waals surface area contributed by atoms with E-state index in [0.29, 0.717) is 12.0 Å². The zero-order valence-electron chi connectivity index (χ0n) is 9.60. The summed E-state index contributed by atoms with van der Waals surface area (Å²) in [5.41, 5.74) is 0. The van der Waals surface area contributed by atoms with Gasteiger partial charge in [0, 0.05) is 6.61 Å². The molecular weight excluding hydrogens is 162 g/mol. The first-order valence-electron chi connectivity index (χ1n) is 5.50. The smallest absolute Gasteiger partial charge is 0.0569 e. The van der Waals surface area contributed by atoms with Gasteiger partial charge in [0.1, 0.15) is 0 Å². The molecule has 13 heavy (non-hydrogen) atoms. The van der Waals surface area contributed by atoms with Gasteiger partial charge < -0.3 is 10.1 Å². The van der Waals surface area contributed by atoms with E-state index in [2.05, 4.69) is 33.0 Å². The summed E-state index contributed by atoms with van der Waals surface area (Å²) >= 11 is 0. The van der Waals surface area contributed by atoms with E-state index in [1.807, 2.05) is 0 Å². The molecule has 0 saturated heterocycles. The van der Waals surface area contributed by atoms with Crippen LogP contribution in [0.4, 0.5) is 0 Å². The quantitative estimate of drug-likeness (QED) is 0.589. The van der Waals surface area contributed by atoms with Gasteiger partial charge in [-0.25, -0.2) is 0 Å². The zero-order chi connectivity index (χ0) is 10.1. The fourth-order valence-corrected chi connectivity index (χ4v) is 0.991. The highest BCUT2D eigenvalue weighted by Gasteiger charge is 2.05. The van der Waals surface area contributed by atoms with Gasteiger partial charge in [0.15, 0.2) is 0 Å². The van der Waals surface area contributed by atoms with Crippen LogP contribution in [0.3, 0.4) is 0 Å². The second-order valence-corrected chi connectivity index (χ2v) is 3.88. The number of hydrogen-bond acceptors (Lipinski definition) is 2. The van der Waals surface area contributed by atoms with Crippen molar-refractivity contribution < 1.29 is 4.74 Å². The summed E-state index contributed by atoms with van der Waals surface area (Å²) in [5, 5.41) is 3.30. The molecule has 1 unspecified atom stereocenters. The van der Waals surface area contributed by atoms with Crippen molar-refractivity contribution in [3.05, 3.63) is 0 Å². The molecule has 0 amide bonds. The van der Waals surface area contributed by atoms with Crippen molar-refractivity contribution in [2.24, 2.45) is 5.92 Å². The Balaban J connectivity index is 3.07. The van der Waals surface area contributed by atoms with Gasteiger partial charge in [0.25, 0.3) is 0 Å². The SMILES string of the molecule is CCNCCCCOC(C)C(C)C. The first-order valence-corrected chi connectivity index (χ1v) is 5.50. The Morgan fingerprint density at radius 2 is 1.85 bits per heavy atom. The lowest BCUT2D eigenvalue weighted by Gasteiger charge is -2.16. The molecule has 0 radical (unpaired) electrons. The topological polar surface area (TPSA) is 21.3 Å². The highest BCUT2D eigenvalue weighted by Crippen LogP contribution is 2.05. The van der Waals surface area contributed by atoms with E-state index in [-0.39, 0.29) is 0 Å². The summed E-state index contributed by atoms with van der Waals surface area (Å²) in [7, 11) is 0. The fraction of sp³-hybridized carbons (Fsp3) is 1.00. The molecule has 0 bridgehead atoms. The third kappa shape index (κ3) is 8.26. The standard InChI is InChI=1S/C11H25NO/c1-5-12-8-6-7-9-13-11(4)10(2)3/h10-12H,5-9H2,1-4H3. The Labute approximate surface area is 83.1 Å². The predicted molar refractivity (Wildman–Crippen MR) is 58.0 cm³/mol. The number of nitrogens with one attached hydrogen (secondary N) is 1. The Bertz CT molecular complexity index is 104. The van der Waals surface area contributed by atoms with Gasteiger partial charge in [-0.05, 0) is 38.8 Å². The Morgan fingerprint density at radius 1 is 1.15 bits per heavy atom. The van der Waals surface area contributed by atoms with Crippen LogP contribution in [0.1, 0.15) is 40.5 Å². The fourth-order valence-electron chi connectivity index (χ4n) is 0.991. The molecule has 0 aliphatic carbocycles. The number of unbranched alkanes of at least 4 members (excludes halogenated alkanes) is 1. The first kappa shape index (κ1) is 12.9. The van der Waals surface area contributed by atoms with Gasteiger partial charge in [-0.3, -0.25) is 0 Å². The van der Waals surface area contributed by atoms with Crippen molar-refractivity contribution in [2.75, 3.05) is 19.7 Å². The Morgan fingerprint density at radius 3 is 2.38 bits per heavy atom. The van der Waals surface area contributed by atoms with Crippen molar-refractivity contribution in [3.63, 3.8) is 0 Å². The average Bonchev–Trinajstić information content (AvgIpc) is 2.10. The van der Waals surface area contributed by atoms with Crippen LogP contribution in [-0.2, 0) is 4.74 Å². The Kier molecular flexibility index (Phi) is 8.46. The summed E-state index contributed by atoms with van der Waals surface area (Å²) in [6, 6.07) is 0. The molecule has 2 heteroatoms. The molecule has 0 fully saturated rings. The minimum absolute atomic E-state index is 0.402. The summed E-state index contributed by atoms with van der Waals surface area (Å²) in [4.78, 5) is 0. The van der Waals surface area contributed by atoms with E-state index in [1.54, 1.807) is 0 Å². The summed E-state index contributed by atoms with van der Waals surface area (Å²) < 4.78 is 5.66. The maximum Gasteiger partial charge on any atom is 0.0569 e. The molecule has 1 atom stereocenters. The molecule has 0 aliphatic heterocycles. The average molecular weight is 187 g/mol. The predicted octanol–water partition coefficient (Wildman–Crippen LogP) is 2.44. The van der Waals surface area contributed by atoms with Crippen molar-refractivity contribution >= 4 is 0 Å². The molecule has 0 rings (SSSR count). The normalized spacial score (nSPS) is 13.6. The molecule has 0 heterocycles. The van der Waals surface area contributed by atoms with E-state index in [9.17, 15) is 0 Å². The third-order valence-corrected chi connectivity index (χ3v) is 2.32. The second-order valence-electron chi connectivity index (χ2n) is 3.88. The first-order chi connectivity index (χ1) is 6.18. The van der Waals surface area contributed by atoms with Crippen molar-refractivity contribution in [1.82, 2.24) is 5.32 Å². The van der Waals surface area contributed by atoms with Crippen LogP contribution in [0.2, 0.25) is 0 Å². The maximum atomic E-state index is 5.66. The molecule has 2 nitrogen and oxygen atoms in total. The lowest BCUT2D eigenvalue weighted by Crippen LogP contribution is -2.18. The summed E-state index contributed by atoms with van der Waals surface area (Å²) in [6.07, 6.45) is 2.79. The van der Waals surface area contributed by atoms with Gasteiger partial charge >= 0.3 is 0 Å². The van der Waals surface area contributed by atoms with Crippen LogP contribution in [0, 0.1) is 5.92 Å². The van der Waals surface area contributed by atoms with Crippen LogP contribution in [0.25, 0.3) is 0 Å². The van der Waals surface area contributed by atoms with Gasteiger partial charge in [-0.2, -0.15) is 0 Å². The largest absolute Gasteiger partial charge is 0.378 e. The molecule has 0 aromatic heterocycles. The monoisotopic (exact) mass is 187 g/mol. The molecule has 0 spiro atoms. The van der Waals surface area contributed by atoms with Crippen LogP contribution in [-0.4, -0.2) is 25.8 Å². The zero-order valence-corrected chi connectivity index (χ0v) is 9.60. The van der Waals surface area contributed by atoms with E-state index >= 15 is 0 Å². The van der Waals surface area contributed by atoms with Gasteiger partial charge in [-0.15, -0.1) is 0 Å². The minimum Gasteiger partial charge on any atom is -0.378 e. The molecule has 0 aliphatic rings. The van der Waals surface area contributed by atoms with Crippen LogP contribution < -0.4 is 5.32 Å². The Hall–Kier alpha value is -0.0800. The van der Waals surface area contributed by atoms with Crippen LogP contribution >= 0.6 is 0 Å². The van der Waals surface area contributed by atoms with E-state index in [1.165, 1.54) is 12.8 Å². The van der Waals surface area contributed by atoms with Crippen LogP contribution in [0.5, 0.6) is 0 Å². The molecule has 1 N–H and O–H groups in total. The van der Waals surface area contributed by atoms with Crippen molar-refractivity contribution in [3.8, 4) is 0 Å².